The number of para-hydroxylation sites is 1. The molecule has 22 heavy (non-hydrogen) atoms. The Balaban J connectivity index is 1.66. The summed E-state index contributed by atoms with van der Waals surface area (Å²) in [7, 11) is 0. The Morgan fingerprint density at radius 3 is 2.68 bits per heavy atom. The van der Waals surface area contributed by atoms with E-state index in [1.807, 2.05) is 0 Å². The van der Waals surface area contributed by atoms with Gasteiger partial charge in [0, 0.05) is 25.3 Å². The lowest BCUT2D eigenvalue weighted by Gasteiger charge is -2.31. The van der Waals surface area contributed by atoms with E-state index in [9.17, 15) is 0 Å². The minimum Gasteiger partial charge on any atom is -0.355 e. The molecule has 0 unspecified atom stereocenters. The van der Waals surface area contributed by atoms with Gasteiger partial charge in [0.2, 0.25) is 0 Å². The molecule has 1 aromatic carbocycles. The van der Waals surface area contributed by atoms with E-state index >= 15 is 0 Å². The minimum absolute atomic E-state index is 0.732. The zero-order chi connectivity index (χ0) is 14.8. The van der Waals surface area contributed by atoms with Crippen LogP contribution < -0.4 is 9.80 Å². The first-order valence-corrected chi connectivity index (χ1v) is 8.22. The number of hydrogen-bond donors (Lipinski definition) is 0. The summed E-state index contributed by atoms with van der Waals surface area (Å²) in [6.45, 7) is 3.12. The van der Waals surface area contributed by atoms with Crippen LogP contribution in [0.25, 0.3) is 0 Å². The van der Waals surface area contributed by atoms with Gasteiger partial charge in [-0.05, 0) is 43.7 Å². The number of fused-ring (bicyclic) bond motifs is 1. The Bertz CT molecular complexity index is 651. The van der Waals surface area contributed by atoms with Gasteiger partial charge in [0.05, 0.1) is 6.20 Å². The van der Waals surface area contributed by atoms with Gasteiger partial charge in [-0.1, -0.05) is 18.2 Å². The highest BCUT2D eigenvalue weighted by Gasteiger charge is 2.21. The Kier molecular flexibility index (Phi) is 3.62. The molecule has 114 valence electrons. The maximum atomic E-state index is 4.80. The SMILES string of the molecule is c1ccc2c(c1)CCCN2c1nncc(N2CCCCC2)n1. The number of benzene rings is 1. The van der Waals surface area contributed by atoms with Crippen molar-refractivity contribution in [2.75, 3.05) is 29.4 Å². The highest BCUT2D eigenvalue weighted by molar-refractivity contribution is 5.63. The van der Waals surface area contributed by atoms with Crippen molar-refractivity contribution < 1.29 is 0 Å². The summed E-state index contributed by atoms with van der Waals surface area (Å²) < 4.78 is 0. The van der Waals surface area contributed by atoms with Crippen LogP contribution in [0.1, 0.15) is 31.2 Å². The van der Waals surface area contributed by atoms with E-state index in [-0.39, 0.29) is 0 Å². The predicted octanol–water partition coefficient (Wildman–Crippen LogP) is 2.95. The second-order valence-corrected chi connectivity index (χ2v) is 6.05. The first kappa shape index (κ1) is 13.5. The van der Waals surface area contributed by atoms with Crippen LogP contribution in [0.5, 0.6) is 0 Å². The van der Waals surface area contributed by atoms with Crippen molar-refractivity contribution in [2.24, 2.45) is 0 Å². The quantitative estimate of drug-likeness (QED) is 0.852. The van der Waals surface area contributed by atoms with E-state index in [2.05, 4.69) is 44.3 Å². The molecule has 0 atom stereocenters. The third-order valence-corrected chi connectivity index (χ3v) is 4.57. The summed E-state index contributed by atoms with van der Waals surface area (Å²) >= 11 is 0. The summed E-state index contributed by atoms with van der Waals surface area (Å²) in [5, 5.41) is 8.51. The lowest BCUT2D eigenvalue weighted by Crippen LogP contribution is -2.32. The summed E-state index contributed by atoms with van der Waals surface area (Å²) in [6.07, 6.45) is 7.87. The monoisotopic (exact) mass is 295 g/mol. The maximum Gasteiger partial charge on any atom is 0.251 e. The van der Waals surface area contributed by atoms with Crippen LogP contribution in [0.4, 0.5) is 17.5 Å². The van der Waals surface area contributed by atoms with Gasteiger partial charge in [-0.25, -0.2) is 0 Å². The molecule has 0 amide bonds. The van der Waals surface area contributed by atoms with Gasteiger partial charge in [0.1, 0.15) is 0 Å². The number of aryl methyl sites for hydroxylation is 1. The van der Waals surface area contributed by atoms with Crippen molar-refractivity contribution in [2.45, 2.75) is 32.1 Å². The molecular weight excluding hydrogens is 274 g/mol. The van der Waals surface area contributed by atoms with Crippen molar-refractivity contribution in [3.8, 4) is 0 Å². The maximum absolute atomic E-state index is 4.80. The second-order valence-electron chi connectivity index (χ2n) is 6.05. The average molecular weight is 295 g/mol. The molecule has 0 N–H and O–H groups in total. The fraction of sp³-hybridized carbons (Fsp3) is 0.471. The van der Waals surface area contributed by atoms with Crippen LogP contribution in [-0.4, -0.2) is 34.8 Å². The molecule has 1 saturated heterocycles. The topological polar surface area (TPSA) is 45.2 Å². The van der Waals surface area contributed by atoms with Crippen LogP contribution in [0, 0.1) is 0 Å². The Morgan fingerprint density at radius 2 is 1.77 bits per heavy atom. The number of nitrogens with zero attached hydrogens (tertiary/aromatic N) is 5. The van der Waals surface area contributed by atoms with Crippen LogP contribution in [0.2, 0.25) is 0 Å². The van der Waals surface area contributed by atoms with E-state index < -0.39 is 0 Å². The number of hydrogen-bond acceptors (Lipinski definition) is 5. The molecular formula is C17H21N5. The van der Waals surface area contributed by atoms with Crippen LogP contribution in [-0.2, 0) is 6.42 Å². The molecule has 0 aliphatic carbocycles. The lowest BCUT2D eigenvalue weighted by atomic mass is 10.0. The number of aromatic nitrogens is 3. The standard InChI is InChI=1S/C17H21N5/c1-4-10-21(11-5-1)16-13-18-20-17(19-16)22-12-6-8-14-7-2-3-9-15(14)22/h2-3,7,9,13H,1,4-6,8,10-12H2. The van der Waals surface area contributed by atoms with Crippen molar-refractivity contribution in [1.29, 1.82) is 0 Å². The fourth-order valence-corrected chi connectivity index (χ4v) is 3.42. The van der Waals surface area contributed by atoms with Gasteiger partial charge in [-0.2, -0.15) is 10.1 Å². The molecule has 0 bridgehead atoms. The molecule has 3 heterocycles. The van der Waals surface area contributed by atoms with E-state index in [1.54, 1.807) is 6.20 Å². The Hall–Kier alpha value is -2.17. The summed E-state index contributed by atoms with van der Waals surface area (Å²) in [4.78, 5) is 9.34. The summed E-state index contributed by atoms with van der Waals surface area (Å²) in [6, 6.07) is 8.54. The molecule has 2 aliphatic rings. The molecule has 0 saturated carbocycles. The van der Waals surface area contributed by atoms with Crippen LogP contribution >= 0.6 is 0 Å². The number of piperidine rings is 1. The Labute approximate surface area is 131 Å². The lowest BCUT2D eigenvalue weighted by molar-refractivity contribution is 0.571. The van der Waals surface area contributed by atoms with Crippen molar-refractivity contribution in [1.82, 2.24) is 15.2 Å². The molecule has 0 spiro atoms. The zero-order valence-electron chi connectivity index (χ0n) is 12.8. The van der Waals surface area contributed by atoms with Gasteiger partial charge < -0.3 is 9.80 Å². The van der Waals surface area contributed by atoms with E-state index in [4.69, 9.17) is 4.98 Å². The molecule has 1 fully saturated rings. The average Bonchev–Trinajstić information content (AvgIpc) is 2.62. The fourth-order valence-electron chi connectivity index (χ4n) is 3.42. The summed E-state index contributed by atoms with van der Waals surface area (Å²) in [5.41, 5.74) is 2.60. The largest absolute Gasteiger partial charge is 0.355 e. The molecule has 5 heteroatoms. The van der Waals surface area contributed by atoms with Crippen LogP contribution in [0.3, 0.4) is 0 Å². The van der Waals surface area contributed by atoms with Crippen molar-refractivity contribution >= 4 is 17.5 Å². The third kappa shape index (κ3) is 2.51. The van der Waals surface area contributed by atoms with E-state index in [0.29, 0.717) is 0 Å². The first-order chi connectivity index (χ1) is 10.9. The van der Waals surface area contributed by atoms with E-state index in [0.717, 1.165) is 44.2 Å². The molecule has 0 radical (unpaired) electrons. The first-order valence-electron chi connectivity index (χ1n) is 8.22. The normalized spacial score (nSPS) is 18.2. The highest BCUT2D eigenvalue weighted by atomic mass is 15.4. The van der Waals surface area contributed by atoms with E-state index in [1.165, 1.54) is 30.5 Å². The van der Waals surface area contributed by atoms with Gasteiger partial charge in [-0.15, -0.1) is 5.10 Å². The van der Waals surface area contributed by atoms with Gasteiger partial charge in [0.15, 0.2) is 5.82 Å². The summed E-state index contributed by atoms with van der Waals surface area (Å²) in [5.74, 6) is 1.70. The van der Waals surface area contributed by atoms with Gasteiger partial charge in [-0.3, -0.25) is 0 Å². The van der Waals surface area contributed by atoms with Gasteiger partial charge >= 0.3 is 0 Å². The Morgan fingerprint density at radius 1 is 0.909 bits per heavy atom. The van der Waals surface area contributed by atoms with Crippen molar-refractivity contribution in [3.05, 3.63) is 36.0 Å². The molecule has 4 rings (SSSR count). The second kappa shape index (κ2) is 5.91. The molecule has 2 aliphatic heterocycles. The molecule has 5 nitrogen and oxygen atoms in total. The predicted molar refractivity (Wildman–Crippen MR) is 87.7 cm³/mol. The number of rotatable bonds is 2. The molecule has 1 aromatic heterocycles. The molecule has 2 aromatic rings. The smallest absolute Gasteiger partial charge is 0.251 e. The van der Waals surface area contributed by atoms with Crippen LogP contribution in [0.15, 0.2) is 30.5 Å². The third-order valence-electron chi connectivity index (χ3n) is 4.57. The van der Waals surface area contributed by atoms with Crippen molar-refractivity contribution in [3.63, 3.8) is 0 Å². The zero-order valence-corrected chi connectivity index (χ0v) is 12.8. The minimum atomic E-state index is 0.732. The van der Waals surface area contributed by atoms with Gasteiger partial charge in [0.25, 0.3) is 5.95 Å². The highest BCUT2D eigenvalue weighted by Crippen LogP contribution is 2.31. The number of anilines is 3.